The van der Waals surface area contributed by atoms with Crippen LogP contribution in [0.4, 0.5) is 11.4 Å². The Balaban J connectivity index is 0.000000120. The standard InChI is InChI=1S/C26H26N4O2S.C23H29N5O.C23H26N4O3/c1-26(2)20-12-21-19(18-6-4-5-16-13-27-29-23(16)24(18)28-21)11-22(20)30(25(26)31)14-15-7-9-17(10-8-15)33(3)32;1-5-7-14(4)28-19-10-17-16-9-6-8-15-12-24-26-21(15)22(16)25-18(17)11-20(19)27(13(2)3)23(28)29;1-5-30-21(28)12(2)27-18-9-15-14-8-6-7-13-11-24-26-19(13)20(14)25-17(15)10-16(18)23(3,4)22(27)29/h7-13,28H,4-6,14H2,1-3H3,(H,27,29);10-14,25H,5-9H2,1-4H3,(H,24,26);9-12,25H,5-8H2,1-4H3,(H,24,26). The summed E-state index contributed by atoms with van der Waals surface area (Å²) in [6, 6.07) is 20.3. The molecule has 19 nitrogen and oxygen atoms in total. The first-order valence-corrected chi connectivity index (χ1v) is 34.3. The molecular formula is C72H81N13O6S. The van der Waals surface area contributed by atoms with Crippen molar-refractivity contribution in [3.8, 4) is 34.2 Å². The number of hydrogen-bond donors (Lipinski definition) is 6. The van der Waals surface area contributed by atoms with Crippen LogP contribution in [-0.2, 0) is 85.8 Å². The number of nitrogens with zero attached hydrogens (tertiary/aromatic N) is 7. The number of H-pyrrole nitrogens is 6. The van der Waals surface area contributed by atoms with Crippen molar-refractivity contribution in [3.63, 3.8) is 0 Å². The smallest absolute Gasteiger partial charge is 0.329 e. The SMILES string of the molecule is CCCC(C)n1c(=O)n(C(C)C)c2cc3[nH]c4c(c3cc21)CCCc1cn[nH]c1-4.CCOC(=O)C(C)N1C(=O)C(C)(C)c2cc3[nH]c4c(c3cc21)CCCc1cn[nH]c1-4.CS(=O)c1ccc(CN2C(=O)C(C)(C)c3cc4[nH]c5c(c4cc32)CCCc2cn[nH]c2-5)cc1. The number of fused-ring (bicyclic) bond motifs is 18. The molecule has 0 saturated heterocycles. The summed E-state index contributed by atoms with van der Waals surface area (Å²) in [5.41, 5.74) is 23.0. The number of benzene rings is 4. The molecule has 0 bridgehead atoms. The highest BCUT2D eigenvalue weighted by molar-refractivity contribution is 7.84. The summed E-state index contributed by atoms with van der Waals surface area (Å²) in [6.45, 7) is 20.6. The third-order valence-corrected chi connectivity index (χ3v) is 21.1. The van der Waals surface area contributed by atoms with E-state index in [-0.39, 0.29) is 35.6 Å². The zero-order valence-corrected chi connectivity index (χ0v) is 55.2. The Morgan fingerprint density at radius 1 is 0.598 bits per heavy atom. The van der Waals surface area contributed by atoms with Gasteiger partial charge in [0.2, 0.25) is 11.8 Å². The van der Waals surface area contributed by atoms with Crippen molar-refractivity contribution in [2.45, 2.75) is 180 Å². The van der Waals surface area contributed by atoms with Gasteiger partial charge in [0.25, 0.3) is 0 Å². The maximum absolute atomic E-state index is 13.5. The van der Waals surface area contributed by atoms with Crippen LogP contribution in [0.5, 0.6) is 0 Å². The molecule has 7 aromatic heterocycles. The van der Waals surface area contributed by atoms with Gasteiger partial charge in [0, 0.05) is 78.1 Å². The van der Waals surface area contributed by atoms with E-state index < -0.39 is 27.7 Å². The van der Waals surface area contributed by atoms with E-state index in [9.17, 15) is 23.4 Å². The molecule has 3 aliphatic carbocycles. The predicted octanol–water partition coefficient (Wildman–Crippen LogP) is 13.3. The number of aromatic nitrogens is 11. The number of ether oxygens (including phenoxy) is 1. The second kappa shape index (κ2) is 23.0. The van der Waals surface area contributed by atoms with E-state index >= 15 is 0 Å². The Morgan fingerprint density at radius 3 is 1.55 bits per heavy atom. The molecule has 3 unspecified atom stereocenters. The minimum absolute atomic E-state index is 0.0762. The molecule has 92 heavy (non-hydrogen) atoms. The highest BCUT2D eigenvalue weighted by atomic mass is 32.2. The lowest BCUT2D eigenvalue weighted by Gasteiger charge is -2.25. The number of imidazole rings is 1. The number of hydrogen-bond acceptors (Lipinski definition) is 9. The van der Waals surface area contributed by atoms with Crippen molar-refractivity contribution in [1.82, 2.24) is 54.7 Å². The zero-order valence-electron chi connectivity index (χ0n) is 54.4. The van der Waals surface area contributed by atoms with Crippen LogP contribution in [0.3, 0.4) is 0 Å². The molecule has 2 aliphatic heterocycles. The zero-order chi connectivity index (χ0) is 64.4. The first kappa shape index (κ1) is 60.5. The van der Waals surface area contributed by atoms with Gasteiger partial charge in [0.1, 0.15) is 6.04 Å². The average Bonchev–Trinajstić information content (AvgIpc) is 1.85. The largest absolute Gasteiger partial charge is 0.464 e. The fourth-order valence-corrected chi connectivity index (χ4v) is 15.9. The van der Waals surface area contributed by atoms with E-state index in [4.69, 9.17) is 4.74 Å². The minimum atomic E-state index is -1.01. The number of carbonyl (C=O) groups is 3. The number of aryl methyl sites for hydroxylation is 6. The van der Waals surface area contributed by atoms with Gasteiger partial charge in [-0.1, -0.05) is 25.5 Å². The van der Waals surface area contributed by atoms with Crippen LogP contribution in [-0.4, -0.2) is 95.6 Å². The van der Waals surface area contributed by atoms with E-state index in [1.54, 1.807) is 25.0 Å². The quantitative estimate of drug-likeness (QED) is 0.0712. The normalized spacial score (nSPS) is 16.9. The molecule has 5 aliphatic rings. The lowest BCUT2D eigenvalue weighted by molar-refractivity contribution is -0.145. The van der Waals surface area contributed by atoms with Crippen LogP contribution >= 0.6 is 0 Å². The Kier molecular flexibility index (Phi) is 15.1. The van der Waals surface area contributed by atoms with Crippen LogP contribution in [0.2, 0.25) is 0 Å². The highest BCUT2D eigenvalue weighted by Crippen LogP contribution is 2.49. The summed E-state index contributed by atoms with van der Waals surface area (Å²) in [5, 5.41) is 25.8. The van der Waals surface area contributed by atoms with Crippen molar-refractivity contribution in [2.24, 2.45) is 0 Å². The molecule has 16 rings (SSSR count). The van der Waals surface area contributed by atoms with Crippen LogP contribution in [0, 0.1) is 0 Å². The van der Waals surface area contributed by atoms with Crippen LogP contribution < -0.4 is 15.5 Å². The van der Waals surface area contributed by atoms with Gasteiger partial charge in [-0.25, -0.2) is 9.59 Å². The van der Waals surface area contributed by atoms with Crippen LogP contribution in [0.25, 0.3) is 77.9 Å². The molecule has 4 aromatic carbocycles. The Bertz CT molecular complexity index is 4860. The van der Waals surface area contributed by atoms with E-state index in [2.05, 4.69) is 110 Å². The van der Waals surface area contributed by atoms with Gasteiger partial charge in [0.15, 0.2) is 0 Å². The van der Waals surface area contributed by atoms with Crippen LogP contribution in [0.15, 0.2) is 88.9 Å². The Hall–Kier alpha value is -9.04. The van der Waals surface area contributed by atoms with Crippen molar-refractivity contribution in [3.05, 3.63) is 140 Å². The topological polar surface area (TPSA) is 244 Å². The molecule has 0 spiro atoms. The molecule has 3 atom stereocenters. The number of carbonyl (C=O) groups excluding carboxylic acids is 3. The van der Waals surface area contributed by atoms with Gasteiger partial charge in [-0.2, -0.15) is 15.3 Å². The molecule has 6 N–H and O–H groups in total. The monoisotopic (exact) mass is 1260 g/mol. The lowest BCUT2D eigenvalue weighted by atomic mass is 9.85. The predicted molar refractivity (Wildman–Crippen MR) is 363 cm³/mol. The number of anilines is 2. The number of esters is 1. The summed E-state index contributed by atoms with van der Waals surface area (Å²) in [4.78, 5) is 67.7. The van der Waals surface area contributed by atoms with Crippen LogP contribution in [0.1, 0.15) is 163 Å². The van der Waals surface area contributed by atoms with Crippen molar-refractivity contribution < 1.29 is 23.3 Å². The molecule has 11 aromatic rings. The van der Waals surface area contributed by atoms with Gasteiger partial charge in [-0.3, -0.25) is 43.1 Å². The summed E-state index contributed by atoms with van der Waals surface area (Å²) in [6.07, 6.45) is 18.7. The summed E-state index contributed by atoms with van der Waals surface area (Å²) in [5.74, 6) is -0.354. The third-order valence-electron chi connectivity index (χ3n) is 20.2. The first-order valence-electron chi connectivity index (χ1n) is 32.7. The van der Waals surface area contributed by atoms with Gasteiger partial charge < -0.3 is 24.6 Å². The number of amides is 2. The molecular weight excluding hydrogens is 1170 g/mol. The molecule has 9 heterocycles. The molecule has 0 radical (unpaired) electrons. The number of rotatable bonds is 10. The number of aromatic amines is 6. The average molecular weight is 1260 g/mol. The first-order chi connectivity index (χ1) is 44.2. The van der Waals surface area contributed by atoms with Gasteiger partial charge in [-0.15, -0.1) is 0 Å². The molecule has 0 fully saturated rings. The maximum atomic E-state index is 13.5. The second-order valence-corrected chi connectivity index (χ2v) is 28.5. The van der Waals surface area contributed by atoms with Gasteiger partial charge in [-0.05, 0) is 225 Å². The maximum Gasteiger partial charge on any atom is 0.329 e. The fraction of sp³-hybridized carbons (Fsp3) is 0.403. The molecule has 2 amide bonds. The molecule has 0 saturated carbocycles. The van der Waals surface area contributed by atoms with Crippen molar-refractivity contribution in [2.75, 3.05) is 22.7 Å². The highest BCUT2D eigenvalue weighted by Gasteiger charge is 2.48. The minimum Gasteiger partial charge on any atom is -0.464 e. The van der Waals surface area contributed by atoms with Crippen molar-refractivity contribution in [1.29, 1.82) is 0 Å². The molecule has 20 heteroatoms. The van der Waals surface area contributed by atoms with E-state index in [1.807, 2.05) is 84.6 Å². The van der Waals surface area contributed by atoms with Crippen molar-refractivity contribution >= 4 is 83.7 Å². The van der Waals surface area contributed by atoms with E-state index in [0.29, 0.717) is 13.2 Å². The van der Waals surface area contributed by atoms with E-state index in [0.717, 1.165) is 171 Å². The Morgan fingerprint density at radius 2 is 1.07 bits per heavy atom. The van der Waals surface area contributed by atoms with E-state index in [1.165, 1.54) is 44.2 Å². The second-order valence-electron chi connectivity index (χ2n) is 27.1. The summed E-state index contributed by atoms with van der Waals surface area (Å²) >= 11 is 0. The third kappa shape index (κ3) is 9.70. The Labute approximate surface area is 535 Å². The van der Waals surface area contributed by atoms with Gasteiger partial charge in [0.05, 0.1) is 87.8 Å². The van der Waals surface area contributed by atoms with Gasteiger partial charge >= 0.3 is 11.7 Å². The fourth-order valence-electron chi connectivity index (χ4n) is 15.4. The summed E-state index contributed by atoms with van der Waals surface area (Å²) < 4.78 is 20.9. The number of nitrogens with one attached hydrogen (secondary N) is 6. The summed E-state index contributed by atoms with van der Waals surface area (Å²) in [7, 11) is -1.01. The molecule has 476 valence electrons. The lowest BCUT2D eigenvalue weighted by Crippen LogP contribution is -2.46.